The molecule has 1 saturated carbocycles. The first-order chi connectivity index (χ1) is 11.7. The van der Waals surface area contributed by atoms with Crippen LogP contribution in [0.15, 0.2) is 24.3 Å². The van der Waals surface area contributed by atoms with Crippen LogP contribution in [0.5, 0.6) is 0 Å². The summed E-state index contributed by atoms with van der Waals surface area (Å²) in [6.07, 6.45) is 5.38. The fourth-order valence-corrected chi connectivity index (χ4v) is 4.49. The molecule has 1 aromatic rings. The minimum atomic E-state index is -0.00831. The predicted octanol–water partition coefficient (Wildman–Crippen LogP) is 3.14. The van der Waals surface area contributed by atoms with Crippen LogP contribution in [-0.4, -0.2) is 31.6 Å². The van der Waals surface area contributed by atoms with Gasteiger partial charge in [-0.1, -0.05) is 29.8 Å². The summed E-state index contributed by atoms with van der Waals surface area (Å²) in [4.78, 5) is 12.8. The van der Waals surface area contributed by atoms with Crippen LogP contribution in [-0.2, 0) is 9.53 Å². The van der Waals surface area contributed by atoms with Crippen LogP contribution in [0.4, 0.5) is 0 Å². The number of carbonyl (C=O) groups excluding carboxylic acids is 1. The average Bonchev–Trinajstić information content (AvgIpc) is 3.30. The highest BCUT2D eigenvalue weighted by atomic mass is 35.5. The van der Waals surface area contributed by atoms with Gasteiger partial charge in [-0.15, -0.1) is 12.4 Å². The number of nitrogens with one attached hydrogen (secondary N) is 2. The van der Waals surface area contributed by atoms with Gasteiger partial charge in [-0.3, -0.25) is 4.79 Å². The van der Waals surface area contributed by atoms with E-state index in [1.54, 1.807) is 0 Å². The van der Waals surface area contributed by atoms with E-state index in [0.717, 1.165) is 51.8 Å². The molecule has 0 bridgehead atoms. The van der Waals surface area contributed by atoms with Crippen molar-refractivity contribution in [2.24, 2.45) is 11.3 Å². The highest BCUT2D eigenvalue weighted by molar-refractivity contribution is 5.85. The number of aryl methyl sites for hydroxylation is 1. The van der Waals surface area contributed by atoms with Gasteiger partial charge < -0.3 is 15.4 Å². The van der Waals surface area contributed by atoms with E-state index < -0.39 is 0 Å². The second-order valence-corrected chi connectivity index (χ2v) is 7.83. The van der Waals surface area contributed by atoms with E-state index in [0.29, 0.717) is 5.41 Å². The molecule has 3 unspecified atom stereocenters. The average molecular weight is 365 g/mol. The number of halogens is 1. The fraction of sp³-hybridized carbons (Fsp3) is 0.650. The van der Waals surface area contributed by atoms with E-state index >= 15 is 0 Å². The van der Waals surface area contributed by atoms with Crippen LogP contribution in [0.1, 0.15) is 49.3 Å². The Morgan fingerprint density at radius 1 is 1.24 bits per heavy atom. The van der Waals surface area contributed by atoms with Gasteiger partial charge in [-0.25, -0.2) is 0 Å². The Balaban J connectivity index is 0.00000182. The number of amides is 1. The molecule has 25 heavy (non-hydrogen) atoms. The molecule has 3 atom stereocenters. The Hall–Kier alpha value is -1.10. The summed E-state index contributed by atoms with van der Waals surface area (Å²) in [5.41, 5.74) is 2.73. The maximum atomic E-state index is 12.8. The molecule has 1 spiro atoms. The van der Waals surface area contributed by atoms with Crippen molar-refractivity contribution in [3.63, 3.8) is 0 Å². The molecule has 138 valence electrons. The van der Waals surface area contributed by atoms with Gasteiger partial charge in [-0.05, 0) is 63.1 Å². The lowest BCUT2D eigenvalue weighted by molar-refractivity contribution is -0.126. The van der Waals surface area contributed by atoms with Gasteiger partial charge in [0.25, 0.3) is 0 Å². The molecule has 1 aromatic carbocycles. The largest absolute Gasteiger partial charge is 0.371 e. The van der Waals surface area contributed by atoms with E-state index in [4.69, 9.17) is 4.74 Å². The Morgan fingerprint density at radius 3 is 2.68 bits per heavy atom. The molecule has 0 radical (unpaired) electrons. The Labute approximate surface area is 156 Å². The molecule has 0 aromatic heterocycles. The van der Waals surface area contributed by atoms with Crippen LogP contribution in [0, 0.1) is 18.3 Å². The monoisotopic (exact) mass is 364 g/mol. The van der Waals surface area contributed by atoms with Crippen molar-refractivity contribution in [1.29, 1.82) is 0 Å². The summed E-state index contributed by atoms with van der Waals surface area (Å²) in [6.45, 7) is 4.99. The summed E-state index contributed by atoms with van der Waals surface area (Å²) in [7, 11) is 0. The maximum Gasteiger partial charge on any atom is 0.224 e. The van der Waals surface area contributed by atoms with Gasteiger partial charge in [0, 0.05) is 12.5 Å². The summed E-state index contributed by atoms with van der Waals surface area (Å²) in [5, 5.41) is 6.73. The zero-order chi connectivity index (χ0) is 16.6. The number of carbonyl (C=O) groups is 1. The zero-order valence-electron chi connectivity index (χ0n) is 14.9. The third kappa shape index (κ3) is 3.86. The van der Waals surface area contributed by atoms with Crippen molar-refractivity contribution in [1.82, 2.24) is 10.6 Å². The fourth-order valence-electron chi connectivity index (χ4n) is 4.49. The van der Waals surface area contributed by atoms with E-state index in [1.165, 1.54) is 11.1 Å². The summed E-state index contributed by atoms with van der Waals surface area (Å²) < 4.78 is 6.03. The van der Waals surface area contributed by atoms with Crippen LogP contribution in [0.25, 0.3) is 0 Å². The molecule has 5 heteroatoms. The molecular weight excluding hydrogens is 336 g/mol. The summed E-state index contributed by atoms with van der Waals surface area (Å²) >= 11 is 0. The topological polar surface area (TPSA) is 50.4 Å². The van der Waals surface area contributed by atoms with Crippen molar-refractivity contribution in [2.75, 3.05) is 19.7 Å². The lowest BCUT2D eigenvalue weighted by atomic mass is 9.91. The molecular formula is C20H29ClN2O2. The van der Waals surface area contributed by atoms with Gasteiger partial charge >= 0.3 is 0 Å². The Morgan fingerprint density at radius 2 is 1.96 bits per heavy atom. The molecule has 2 aliphatic heterocycles. The van der Waals surface area contributed by atoms with Crippen molar-refractivity contribution in [2.45, 2.75) is 51.2 Å². The molecule has 2 N–H and O–H groups in total. The smallest absolute Gasteiger partial charge is 0.224 e. The van der Waals surface area contributed by atoms with Gasteiger partial charge in [0.2, 0.25) is 5.91 Å². The van der Waals surface area contributed by atoms with Crippen LogP contribution in [0.2, 0.25) is 0 Å². The number of benzene rings is 1. The SMILES string of the molecule is Cc1ccc(C2OCCCC2NC(=O)C2CC23CCNCC3)cc1.Cl. The first kappa shape index (κ1) is 18.7. The number of hydrogen-bond acceptors (Lipinski definition) is 3. The number of ether oxygens (including phenoxy) is 1. The quantitative estimate of drug-likeness (QED) is 0.866. The predicted molar refractivity (Wildman–Crippen MR) is 101 cm³/mol. The third-order valence-corrected chi connectivity index (χ3v) is 6.16. The molecule has 4 nitrogen and oxygen atoms in total. The molecule has 2 heterocycles. The molecule has 4 rings (SSSR count). The first-order valence-corrected chi connectivity index (χ1v) is 9.37. The van der Waals surface area contributed by atoms with E-state index in [9.17, 15) is 4.79 Å². The molecule has 3 fully saturated rings. The second-order valence-electron chi connectivity index (χ2n) is 7.83. The van der Waals surface area contributed by atoms with Gasteiger partial charge in [0.1, 0.15) is 6.10 Å². The van der Waals surface area contributed by atoms with E-state index in [2.05, 4.69) is 41.8 Å². The standard InChI is InChI=1S/C20H28N2O2.ClH/c1-14-4-6-15(7-5-14)18-17(3-2-12-24-18)22-19(23)16-13-20(16)8-10-21-11-9-20;/h4-7,16-18,21H,2-3,8-13H2,1H3,(H,22,23);1H. The van der Waals surface area contributed by atoms with Crippen molar-refractivity contribution in [3.8, 4) is 0 Å². The number of rotatable bonds is 3. The van der Waals surface area contributed by atoms with Gasteiger partial charge in [-0.2, -0.15) is 0 Å². The third-order valence-electron chi connectivity index (χ3n) is 6.16. The van der Waals surface area contributed by atoms with Crippen LogP contribution >= 0.6 is 12.4 Å². The van der Waals surface area contributed by atoms with Crippen molar-refractivity contribution < 1.29 is 9.53 Å². The number of piperidine rings is 1. The minimum Gasteiger partial charge on any atom is -0.371 e. The highest BCUT2D eigenvalue weighted by Crippen LogP contribution is 2.58. The van der Waals surface area contributed by atoms with Gasteiger partial charge in [0.05, 0.1) is 6.04 Å². The molecule has 1 amide bonds. The summed E-state index contributed by atoms with van der Waals surface area (Å²) in [5.74, 6) is 0.477. The lowest BCUT2D eigenvalue weighted by Gasteiger charge is -2.33. The Bertz CT molecular complexity index is 598. The molecule has 2 saturated heterocycles. The minimum absolute atomic E-state index is 0. The van der Waals surface area contributed by atoms with Crippen molar-refractivity contribution >= 4 is 18.3 Å². The second kappa shape index (κ2) is 7.65. The van der Waals surface area contributed by atoms with E-state index in [-0.39, 0.29) is 36.4 Å². The van der Waals surface area contributed by atoms with Gasteiger partial charge in [0.15, 0.2) is 0 Å². The zero-order valence-corrected chi connectivity index (χ0v) is 15.7. The van der Waals surface area contributed by atoms with Crippen LogP contribution < -0.4 is 10.6 Å². The molecule has 1 aliphatic carbocycles. The first-order valence-electron chi connectivity index (χ1n) is 9.37. The lowest BCUT2D eigenvalue weighted by Crippen LogP contribution is -2.44. The molecule has 3 aliphatic rings. The van der Waals surface area contributed by atoms with Crippen LogP contribution in [0.3, 0.4) is 0 Å². The van der Waals surface area contributed by atoms with Crippen molar-refractivity contribution in [3.05, 3.63) is 35.4 Å². The number of hydrogen-bond donors (Lipinski definition) is 2. The maximum absolute atomic E-state index is 12.8. The highest BCUT2D eigenvalue weighted by Gasteiger charge is 2.57. The van der Waals surface area contributed by atoms with E-state index in [1.807, 2.05) is 0 Å². The normalized spacial score (nSPS) is 30.4. The Kier molecular flexibility index (Phi) is 5.71. The summed E-state index contributed by atoms with van der Waals surface area (Å²) in [6, 6.07) is 8.62.